The van der Waals surface area contributed by atoms with Crippen LogP contribution in [0.3, 0.4) is 0 Å². The minimum atomic E-state index is -1.14. The van der Waals surface area contributed by atoms with Crippen molar-refractivity contribution in [2.45, 2.75) is 19.6 Å². The number of hydrogen-bond acceptors (Lipinski definition) is 2. The second-order valence-corrected chi connectivity index (χ2v) is 8.46. The fraction of sp³-hybridized carbons (Fsp3) is 0.429. The Labute approximate surface area is 62.3 Å². The van der Waals surface area contributed by atoms with Crippen molar-refractivity contribution in [2.24, 2.45) is 0 Å². The third kappa shape index (κ3) is 1.64. The quantitative estimate of drug-likeness (QED) is 0.562. The molecular formula is C7H12N2Si. The van der Waals surface area contributed by atoms with Gasteiger partial charge >= 0.3 is 0 Å². The van der Waals surface area contributed by atoms with Gasteiger partial charge in [-0.1, -0.05) is 19.6 Å². The Hall–Kier alpha value is -0.703. The van der Waals surface area contributed by atoms with E-state index in [0.29, 0.717) is 0 Å². The number of rotatable bonds is 1. The molecule has 0 spiro atoms. The Morgan fingerprint density at radius 1 is 1.20 bits per heavy atom. The van der Waals surface area contributed by atoms with Crippen LogP contribution in [0.1, 0.15) is 0 Å². The Balaban J connectivity index is 2.97. The lowest BCUT2D eigenvalue weighted by Crippen LogP contribution is -2.37. The molecule has 0 amide bonds. The van der Waals surface area contributed by atoms with Gasteiger partial charge in [0, 0.05) is 12.4 Å². The standard InChI is InChI=1S/C7H12N2Si/c1-10(2,3)7-4-5-8-9-6-7/h4-6H,1-3H3. The maximum atomic E-state index is 3.84. The maximum Gasteiger partial charge on any atom is 0.0797 e. The van der Waals surface area contributed by atoms with Gasteiger partial charge in [0.2, 0.25) is 0 Å². The molecule has 1 aromatic heterocycles. The Morgan fingerprint density at radius 2 is 1.90 bits per heavy atom. The van der Waals surface area contributed by atoms with Gasteiger partial charge in [0.1, 0.15) is 0 Å². The zero-order valence-corrected chi connectivity index (χ0v) is 7.63. The van der Waals surface area contributed by atoms with E-state index in [9.17, 15) is 0 Å². The zero-order chi connectivity index (χ0) is 7.61. The van der Waals surface area contributed by atoms with E-state index in [2.05, 4.69) is 35.9 Å². The van der Waals surface area contributed by atoms with Crippen LogP contribution < -0.4 is 5.19 Å². The molecule has 0 fully saturated rings. The fourth-order valence-electron chi connectivity index (χ4n) is 0.734. The summed E-state index contributed by atoms with van der Waals surface area (Å²) in [5.74, 6) is 0. The smallest absolute Gasteiger partial charge is 0.0797 e. The zero-order valence-electron chi connectivity index (χ0n) is 6.63. The Morgan fingerprint density at radius 3 is 2.20 bits per heavy atom. The number of aromatic nitrogens is 2. The topological polar surface area (TPSA) is 25.8 Å². The molecule has 0 bridgehead atoms. The summed E-state index contributed by atoms with van der Waals surface area (Å²) in [6.07, 6.45) is 3.62. The van der Waals surface area contributed by atoms with E-state index in [4.69, 9.17) is 0 Å². The van der Waals surface area contributed by atoms with Crippen LogP contribution in [0.2, 0.25) is 19.6 Å². The van der Waals surface area contributed by atoms with E-state index >= 15 is 0 Å². The first-order chi connectivity index (χ1) is 4.61. The Bertz CT molecular complexity index is 203. The van der Waals surface area contributed by atoms with Crippen molar-refractivity contribution >= 4 is 13.3 Å². The van der Waals surface area contributed by atoms with Crippen LogP contribution in [-0.2, 0) is 0 Å². The van der Waals surface area contributed by atoms with E-state index in [1.165, 1.54) is 5.19 Å². The second kappa shape index (κ2) is 2.50. The molecule has 0 saturated carbocycles. The largest absolute Gasteiger partial charge is 0.159 e. The average molecular weight is 152 g/mol. The molecule has 0 aromatic carbocycles. The molecule has 0 aliphatic rings. The first-order valence-corrected chi connectivity index (χ1v) is 6.88. The number of nitrogens with zero attached hydrogens (tertiary/aromatic N) is 2. The first kappa shape index (κ1) is 7.40. The summed E-state index contributed by atoms with van der Waals surface area (Å²) < 4.78 is 0. The molecule has 0 aliphatic heterocycles. The molecule has 0 saturated heterocycles. The highest BCUT2D eigenvalue weighted by atomic mass is 28.3. The summed E-state index contributed by atoms with van der Waals surface area (Å²) in [7, 11) is -1.14. The van der Waals surface area contributed by atoms with Gasteiger partial charge < -0.3 is 0 Å². The highest BCUT2D eigenvalue weighted by Gasteiger charge is 2.15. The van der Waals surface area contributed by atoms with Crippen molar-refractivity contribution in [3.63, 3.8) is 0 Å². The normalized spacial score (nSPS) is 11.5. The van der Waals surface area contributed by atoms with Gasteiger partial charge in [0.05, 0.1) is 8.07 Å². The predicted octanol–water partition coefficient (Wildman–Crippen LogP) is 1.02. The lowest BCUT2D eigenvalue weighted by molar-refractivity contribution is 1.04. The molecule has 0 N–H and O–H groups in total. The summed E-state index contributed by atoms with van der Waals surface area (Å²) >= 11 is 0. The third-order valence-electron chi connectivity index (χ3n) is 1.45. The van der Waals surface area contributed by atoms with Gasteiger partial charge in [-0.3, -0.25) is 0 Å². The highest BCUT2D eigenvalue weighted by molar-refractivity contribution is 6.88. The van der Waals surface area contributed by atoms with Gasteiger partial charge in [-0.25, -0.2) is 0 Å². The average Bonchev–Trinajstić information content (AvgIpc) is 1.88. The maximum absolute atomic E-state index is 3.84. The van der Waals surface area contributed by atoms with E-state index in [1.54, 1.807) is 6.20 Å². The predicted molar refractivity (Wildman–Crippen MR) is 45.0 cm³/mol. The summed E-state index contributed by atoms with van der Waals surface area (Å²) in [6.45, 7) is 6.89. The molecule has 0 unspecified atom stereocenters. The van der Waals surface area contributed by atoms with Gasteiger partial charge in [0.25, 0.3) is 0 Å². The molecule has 0 aliphatic carbocycles. The van der Waals surface area contributed by atoms with Crippen LogP contribution in [0.5, 0.6) is 0 Å². The molecule has 0 radical (unpaired) electrons. The van der Waals surface area contributed by atoms with Crippen molar-refractivity contribution in [1.29, 1.82) is 0 Å². The first-order valence-electron chi connectivity index (χ1n) is 3.38. The molecular weight excluding hydrogens is 140 g/mol. The fourth-order valence-corrected chi connectivity index (χ4v) is 1.75. The van der Waals surface area contributed by atoms with E-state index in [-0.39, 0.29) is 0 Å². The van der Waals surface area contributed by atoms with Crippen molar-refractivity contribution in [1.82, 2.24) is 10.2 Å². The summed E-state index contributed by atoms with van der Waals surface area (Å²) in [6, 6.07) is 2.05. The molecule has 1 aromatic rings. The molecule has 10 heavy (non-hydrogen) atoms. The van der Waals surface area contributed by atoms with Crippen molar-refractivity contribution in [2.75, 3.05) is 0 Å². The van der Waals surface area contributed by atoms with Gasteiger partial charge in [0.15, 0.2) is 0 Å². The van der Waals surface area contributed by atoms with E-state index in [1.807, 2.05) is 6.20 Å². The molecule has 0 atom stereocenters. The Kier molecular flexibility index (Phi) is 1.85. The van der Waals surface area contributed by atoms with Crippen LogP contribution >= 0.6 is 0 Å². The van der Waals surface area contributed by atoms with Crippen LogP contribution in [0.25, 0.3) is 0 Å². The molecule has 54 valence electrons. The highest BCUT2D eigenvalue weighted by Crippen LogP contribution is 1.98. The van der Waals surface area contributed by atoms with Gasteiger partial charge in [-0.2, -0.15) is 10.2 Å². The van der Waals surface area contributed by atoms with Crippen molar-refractivity contribution in [3.05, 3.63) is 18.5 Å². The van der Waals surface area contributed by atoms with Crippen LogP contribution in [0, 0.1) is 0 Å². The van der Waals surface area contributed by atoms with Crippen LogP contribution in [-0.4, -0.2) is 18.3 Å². The molecule has 2 nitrogen and oxygen atoms in total. The second-order valence-electron chi connectivity index (χ2n) is 3.38. The van der Waals surface area contributed by atoms with Crippen LogP contribution in [0.15, 0.2) is 18.5 Å². The number of hydrogen-bond donors (Lipinski definition) is 0. The summed E-state index contributed by atoms with van der Waals surface area (Å²) in [5.41, 5.74) is 0. The SMILES string of the molecule is C[Si](C)(C)c1ccnnc1. The minimum absolute atomic E-state index is 1.14. The molecule has 1 rings (SSSR count). The summed E-state index contributed by atoms with van der Waals surface area (Å²) in [4.78, 5) is 0. The molecule has 3 heteroatoms. The lowest BCUT2D eigenvalue weighted by Gasteiger charge is -2.14. The minimum Gasteiger partial charge on any atom is -0.159 e. The third-order valence-corrected chi connectivity index (χ3v) is 3.48. The van der Waals surface area contributed by atoms with Crippen molar-refractivity contribution < 1.29 is 0 Å². The monoisotopic (exact) mass is 152 g/mol. The molecule has 1 heterocycles. The van der Waals surface area contributed by atoms with Gasteiger partial charge in [-0.05, 0) is 11.3 Å². The lowest BCUT2D eigenvalue weighted by atomic mass is 10.6. The summed E-state index contributed by atoms with van der Waals surface area (Å²) in [5, 5.41) is 8.93. The van der Waals surface area contributed by atoms with Gasteiger partial charge in [-0.15, -0.1) is 0 Å². The van der Waals surface area contributed by atoms with Crippen LogP contribution in [0.4, 0.5) is 0 Å². The van der Waals surface area contributed by atoms with E-state index in [0.717, 1.165) is 0 Å². The van der Waals surface area contributed by atoms with Crippen molar-refractivity contribution in [3.8, 4) is 0 Å². The van der Waals surface area contributed by atoms with E-state index < -0.39 is 8.07 Å².